The Morgan fingerprint density at radius 3 is 2.33 bits per heavy atom. The number of hydrogen-bond acceptors (Lipinski definition) is 1. The quantitative estimate of drug-likeness (QED) is 0.715. The minimum Gasteiger partial charge on any atom is -0.205 e. The first-order valence-corrected chi connectivity index (χ1v) is 9.03. The maximum absolute atomic E-state index is 13.6. The Hall–Kier alpha value is -1.21. The molecule has 1 saturated carbocycles. The molecule has 0 heterocycles. The molecule has 1 fully saturated rings. The summed E-state index contributed by atoms with van der Waals surface area (Å²) in [5.41, 5.74) is 0.917. The zero-order chi connectivity index (χ0) is 15.2. The highest BCUT2D eigenvalue weighted by atomic mass is 28.2. The van der Waals surface area contributed by atoms with Gasteiger partial charge in [0.1, 0.15) is 23.3 Å². The summed E-state index contributed by atoms with van der Waals surface area (Å²) in [7, 11) is 0.725. The maximum atomic E-state index is 13.6. The van der Waals surface area contributed by atoms with Gasteiger partial charge >= 0.3 is 0 Å². The first kappa shape index (κ1) is 16.2. The second-order valence-electron chi connectivity index (χ2n) is 5.93. The van der Waals surface area contributed by atoms with E-state index < -0.39 is 17.2 Å². The zero-order valence-electron chi connectivity index (χ0n) is 12.5. The van der Waals surface area contributed by atoms with E-state index in [4.69, 9.17) is 5.26 Å². The largest absolute Gasteiger partial charge is 0.205 e. The predicted molar refractivity (Wildman–Crippen MR) is 81.1 cm³/mol. The summed E-state index contributed by atoms with van der Waals surface area (Å²) in [6.07, 6.45) is 7.72. The van der Waals surface area contributed by atoms with Gasteiger partial charge in [0, 0.05) is 9.52 Å². The Kier molecular flexibility index (Phi) is 5.92. The minimum absolute atomic E-state index is 0.470. The molecule has 0 aromatic heterocycles. The van der Waals surface area contributed by atoms with Gasteiger partial charge in [-0.2, -0.15) is 5.26 Å². The van der Waals surface area contributed by atoms with Gasteiger partial charge in [0.25, 0.3) is 0 Å². The molecule has 1 aromatic rings. The fourth-order valence-corrected chi connectivity index (χ4v) is 4.63. The van der Waals surface area contributed by atoms with Gasteiger partial charge in [-0.05, 0) is 35.2 Å². The van der Waals surface area contributed by atoms with Gasteiger partial charge in [-0.1, -0.05) is 45.4 Å². The van der Waals surface area contributed by atoms with Gasteiger partial charge in [-0.15, -0.1) is 0 Å². The van der Waals surface area contributed by atoms with Crippen LogP contribution in [0.3, 0.4) is 0 Å². The van der Waals surface area contributed by atoms with Crippen molar-refractivity contribution in [1.82, 2.24) is 0 Å². The fourth-order valence-electron chi connectivity index (χ4n) is 3.16. The number of halogens is 2. The first-order chi connectivity index (χ1) is 10.1. The van der Waals surface area contributed by atoms with E-state index in [2.05, 4.69) is 6.92 Å². The van der Waals surface area contributed by atoms with Crippen LogP contribution in [0.4, 0.5) is 8.78 Å². The summed E-state index contributed by atoms with van der Waals surface area (Å²) in [4.78, 5) is 0. The Balaban J connectivity index is 1.86. The number of rotatable bonds is 5. The third kappa shape index (κ3) is 4.37. The Morgan fingerprint density at radius 1 is 1.19 bits per heavy atom. The van der Waals surface area contributed by atoms with Gasteiger partial charge < -0.3 is 0 Å². The van der Waals surface area contributed by atoms with Crippen LogP contribution in [0.5, 0.6) is 0 Å². The summed E-state index contributed by atoms with van der Waals surface area (Å²) in [6, 6.07) is 4.92. The van der Waals surface area contributed by atoms with Crippen LogP contribution < -0.4 is 0 Å². The summed E-state index contributed by atoms with van der Waals surface area (Å²) in [5.74, 6) is -0.575. The van der Waals surface area contributed by atoms with E-state index in [9.17, 15) is 8.78 Å². The van der Waals surface area contributed by atoms with Crippen molar-refractivity contribution in [2.75, 3.05) is 0 Å². The van der Waals surface area contributed by atoms with Gasteiger partial charge in [0.05, 0.1) is 0 Å². The molecule has 1 aliphatic rings. The molecule has 0 saturated heterocycles. The third-order valence-electron chi connectivity index (χ3n) is 4.35. The minimum atomic E-state index is -0.732. The predicted octanol–water partition coefficient (Wildman–Crippen LogP) is 4.82. The smallest absolute Gasteiger partial charge is 0.144 e. The lowest BCUT2D eigenvalue weighted by Crippen LogP contribution is -2.16. The van der Waals surface area contributed by atoms with Crippen molar-refractivity contribution in [1.29, 1.82) is 5.26 Å². The molecular weight excluding hydrogens is 284 g/mol. The average molecular weight is 305 g/mol. The van der Waals surface area contributed by atoms with Crippen LogP contribution in [0, 0.1) is 28.9 Å². The van der Waals surface area contributed by atoms with E-state index in [0.29, 0.717) is 11.1 Å². The molecule has 0 aliphatic heterocycles. The van der Waals surface area contributed by atoms with Crippen molar-refractivity contribution in [2.24, 2.45) is 5.92 Å². The number of benzene rings is 1. The second kappa shape index (κ2) is 7.70. The van der Waals surface area contributed by atoms with Crippen LogP contribution in [0.25, 0.3) is 0 Å². The SMILES string of the molecule is CCCC1CCC([Si]Cc2cc(F)c(C#N)c(F)c2)CC1. The summed E-state index contributed by atoms with van der Waals surface area (Å²) < 4.78 is 27.1. The summed E-state index contributed by atoms with van der Waals surface area (Å²) in [5, 5.41) is 8.66. The van der Waals surface area contributed by atoms with Gasteiger partial charge in [0.2, 0.25) is 0 Å². The van der Waals surface area contributed by atoms with Crippen molar-refractivity contribution in [3.8, 4) is 6.07 Å². The van der Waals surface area contributed by atoms with E-state index >= 15 is 0 Å². The molecular formula is C17H21F2NSi. The fraction of sp³-hybridized carbons (Fsp3) is 0.588. The molecule has 1 aromatic carbocycles. The topological polar surface area (TPSA) is 23.8 Å². The lowest BCUT2D eigenvalue weighted by atomic mass is 9.86. The average Bonchev–Trinajstić information content (AvgIpc) is 2.47. The monoisotopic (exact) mass is 305 g/mol. The normalized spacial score (nSPS) is 22.0. The van der Waals surface area contributed by atoms with E-state index in [1.165, 1.54) is 50.7 Å². The molecule has 0 N–H and O–H groups in total. The Morgan fingerprint density at radius 2 is 1.81 bits per heavy atom. The van der Waals surface area contributed by atoms with Crippen molar-refractivity contribution < 1.29 is 8.78 Å². The van der Waals surface area contributed by atoms with Gasteiger partial charge in [0.15, 0.2) is 0 Å². The summed E-state index contributed by atoms with van der Waals surface area (Å²) in [6.45, 7) is 2.24. The highest BCUT2D eigenvalue weighted by Gasteiger charge is 2.21. The van der Waals surface area contributed by atoms with E-state index in [1.54, 1.807) is 6.07 Å². The summed E-state index contributed by atoms with van der Waals surface area (Å²) >= 11 is 0. The van der Waals surface area contributed by atoms with Crippen LogP contribution in [-0.2, 0) is 6.04 Å². The second-order valence-corrected chi connectivity index (χ2v) is 7.51. The highest BCUT2D eigenvalue weighted by Crippen LogP contribution is 2.34. The zero-order valence-corrected chi connectivity index (χ0v) is 13.5. The lowest BCUT2D eigenvalue weighted by Gasteiger charge is -2.28. The molecule has 21 heavy (non-hydrogen) atoms. The van der Waals surface area contributed by atoms with Crippen LogP contribution in [0.1, 0.15) is 56.6 Å². The third-order valence-corrected chi connectivity index (χ3v) is 6.12. The van der Waals surface area contributed by atoms with Crippen molar-refractivity contribution in [3.05, 3.63) is 34.9 Å². The maximum Gasteiger partial charge on any atom is 0.144 e. The van der Waals surface area contributed by atoms with Crippen molar-refractivity contribution in [3.63, 3.8) is 0 Å². The molecule has 0 spiro atoms. The molecule has 2 rings (SSSR count). The van der Waals surface area contributed by atoms with Gasteiger partial charge in [-0.3, -0.25) is 0 Å². The standard InChI is InChI=1S/C17H21F2NSi/c1-2-3-12-4-6-14(7-5-12)21-11-13-8-16(18)15(10-20)17(19)9-13/h8-9,12,14H,2-7,11H2,1H3. The molecule has 0 atom stereocenters. The Labute approximate surface area is 128 Å². The molecule has 0 amide bonds. The van der Waals surface area contributed by atoms with E-state index in [1.807, 2.05) is 0 Å². The highest BCUT2D eigenvalue weighted by molar-refractivity contribution is 6.37. The van der Waals surface area contributed by atoms with Crippen LogP contribution in [-0.4, -0.2) is 9.52 Å². The molecule has 1 nitrogen and oxygen atoms in total. The molecule has 0 bridgehead atoms. The molecule has 2 radical (unpaired) electrons. The number of nitriles is 1. The van der Waals surface area contributed by atoms with Crippen LogP contribution in [0.2, 0.25) is 5.54 Å². The molecule has 0 unspecified atom stereocenters. The molecule has 4 heteroatoms. The number of hydrogen-bond donors (Lipinski definition) is 0. The van der Waals surface area contributed by atoms with E-state index in [0.717, 1.165) is 21.5 Å². The Bertz CT molecular complexity index is 493. The first-order valence-electron chi connectivity index (χ1n) is 7.75. The lowest BCUT2D eigenvalue weighted by molar-refractivity contribution is 0.335. The van der Waals surface area contributed by atoms with Crippen LogP contribution >= 0.6 is 0 Å². The van der Waals surface area contributed by atoms with Crippen molar-refractivity contribution in [2.45, 2.75) is 57.0 Å². The molecule has 112 valence electrons. The van der Waals surface area contributed by atoms with Crippen LogP contribution in [0.15, 0.2) is 12.1 Å². The van der Waals surface area contributed by atoms with Gasteiger partial charge in [-0.25, -0.2) is 8.78 Å². The van der Waals surface area contributed by atoms with E-state index in [-0.39, 0.29) is 0 Å². The van der Waals surface area contributed by atoms with Crippen molar-refractivity contribution >= 4 is 9.52 Å². The number of nitrogens with zero attached hydrogens (tertiary/aromatic N) is 1. The molecule has 1 aliphatic carbocycles.